The lowest BCUT2D eigenvalue weighted by molar-refractivity contribution is -0.134. The fourth-order valence-electron chi connectivity index (χ4n) is 5.04. The molecule has 6 rings (SSSR count). The van der Waals surface area contributed by atoms with Gasteiger partial charge in [-0.05, 0) is 30.5 Å². The van der Waals surface area contributed by atoms with Crippen molar-refractivity contribution in [2.24, 2.45) is 0 Å². The number of anilines is 1. The summed E-state index contributed by atoms with van der Waals surface area (Å²) in [5, 5.41) is 0. The van der Waals surface area contributed by atoms with Gasteiger partial charge in [-0.2, -0.15) is 0 Å². The molecule has 1 aromatic heterocycles. The molecule has 1 aliphatic carbocycles. The minimum absolute atomic E-state index is 0.0781. The summed E-state index contributed by atoms with van der Waals surface area (Å²) in [6, 6.07) is 11.2. The summed E-state index contributed by atoms with van der Waals surface area (Å²) in [4.78, 5) is 45.4. The topological polar surface area (TPSA) is 79.8 Å². The Morgan fingerprint density at radius 1 is 1.03 bits per heavy atom. The maximum absolute atomic E-state index is 13.5. The standard InChI is InChI=1S/C23H21N3O4/c27-19-7-11-26(19)18-6-5-15(13-24-18)22(8-9-22)21(29)25-12-10-23(14-25)17-4-2-1-3-16(17)20(28)30-23/h1-6,13H,7-12,14H2. The first-order valence-corrected chi connectivity index (χ1v) is 10.4. The second-order valence-corrected chi connectivity index (χ2v) is 8.69. The Balaban J connectivity index is 1.24. The average molecular weight is 403 g/mol. The largest absolute Gasteiger partial charge is 0.449 e. The van der Waals surface area contributed by atoms with Crippen molar-refractivity contribution in [3.8, 4) is 0 Å². The molecule has 1 aromatic carbocycles. The van der Waals surface area contributed by atoms with Gasteiger partial charge in [-0.1, -0.05) is 24.3 Å². The number of esters is 1. The van der Waals surface area contributed by atoms with E-state index >= 15 is 0 Å². The molecule has 2 aromatic rings. The summed E-state index contributed by atoms with van der Waals surface area (Å²) >= 11 is 0. The third-order valence-corrected chi connectivity index (χ3v) is 7.03. The minimum Gasteiger partial charge on any atom is -0.449 e. The van der Waals surface area contributed by atoms with E-state index in [1.165, 1.54) is 0 Å². The van der Waals surface area contributed by atoms with Crippen molar-refractivity contribution in [2.75, 3.05) is 24.5 Å². The monoisotopic (exact) mass is 403 g/mol. The van der Waals surface area contributed by atoms with Crippen LogP contribution in [0, 0.1) is 0 Å². The van der Waals surface area contributed by atoms with Crippen LogP contribution in [0.4, 0.5) is 5.82 Å². The van der Waals surface area contributed by atoms with Gasteiger partial charge >= 0.3 is 5.97 Å². The lowest BCUT2D eigenvalue weighted by atomic mass is 9.91. The molecule has 4 heterocycles. The predicted molar refractivity (Wildman–Crippen MR) is 107 cm³/mol. The maximum atomic E-state index is 13.5. The van der Waals surface area contributed by atoms with Crippen molar-refractivity contribution < 1.29 is 19.1 Å². The molecule has 2 saturated heterocycles. The van der Waals surface area contributed by atoms with Gasteiger partial charge in [0.2, 0.25) is 11.8 Å². The lowest BCUT2D eigenvalue weighted by Crippen LogP contribution is -2.44. The van der Waals surface area contributed by atoms with Gasteiger partial charge in [0, 0.05) is 37.7 Å². The molecule has 1 spiro atoms. The number of likely N-dealkylation sites (tertiary alicyclic amines) is 1. The Kier molecular flexibility index (Phi) is 3.47. The lowest BCUT2D eigenvalue weighted by Gasteiger charge is -2.30. The van der Waals surface area contributed by atoms with Crippen LogP contribution in [0.25, 0.3) is 0 Å². The van der Waals surface area contributed by atoms with Crippen molar-refractivity contribution in [3.05, 3.63) is 59.3 Å². The van der Waals surface area contributed by atoms with Crippen molar-refractivity contribution in [2.45, 2.75) is 36.7 Å². The first kappa shape index (κ1) is 17.6. The average Bonchev–Trinajstić information content (AvgIpc) is 3.39. The van der Waals surface area contributed by atoms with E-state index in [9.17, 15) is 14.4 Å². The normalized spacial score (nSPS) is 25.9. The summed E-state index contributed by atoms with van der Waals surface area (Å²) in [7, 11) is 0. The van der Waals surface area contributed by atoms with Gasteiger partial charge in [-0.3, -0.25) is 14.5 Å². The SMILES string of the molecule is O=C1OC2(CCN(C(=O)C3(c4ccc(N5CCC5=O)nc4)CC3)C2)c2ccccc21. The van der Waals surface area contributed by atoms with E-state index < -0.39 is 11.0 Å². The molecule has 0 N–H and O–H groups in total. The van der Waals surface area contributed by atoms with Crippen molar-refractivity contribution in [1.82, 2.24) is 9.88 Å². The van der Waals surface area contributed by atoms with Crippen LogP contribution in [-0.2, 0) is 25.3 Å². The number of rotatable bonds is 3. The van der Waals surface area contributed by atoms with Gasteiger partial charge in [-0.25, -0.2) is 9.78 Å². The third kappa shape index (κ3) is 2.32. The van der Waals surface area contributed by atoms with Gasteiger partial charge in [0.1, 0.15) is 5.82 Å². The molecule has 7 heteroatoms. The Labute approximate surface area is 173 Å². The van der Waals surface area contributed by atoms with Crippen molar-refractivity contribution in [1.29, 1.82) is 0 Å². The molecule has 2 amide bonds. The number of amides is 2. The molecule has 3 fully saturated rings. The number of carbonyl (C=O) groups is 3. The molecule has 152 valence electrons. The Hall–Kier alpha value is -3.22. The van der Waals surface area contributed by atoms with Crippen LogP contribution in [0.15, 0.2) is 42.6 Å². The highest BCUT2D eigenvalue weighted by molar-refractivity contribution is 5.98. The van der Waals surface area contributed by atoms with E-state index in [0.29, 0.717) is 43.9 Å². The van der Waals surface area contributed by atoms with E-state index in [2.05, 4.69) is 4.98 Å². The summed E-state index contributed by atoms with van der Waals surface area (Å²) in [6.45, 7) is 1.66. The number of pyridine rings is 1. The number of carbonyl (C=O) groups excluding carboxylic acids is 3. The Morgan fingerprint density at radius 2 is 1.87 bits per heavy atom. The Morgan fingerprint density at radius 3 is 2.53 bits per heavy atom. The minimum atomic E-state index is -0.723. The van der Waals surface area contributed by atoms with E-state index in [0.717, 1.165) is 24.0 Å². The second-order valence-electron chi connectivity index (χ2n) is 8.69. The fraction of sp³-hybridized carbons (Fsp3) is 0.391. The number of fused-ring (bicyclic) bond motifs is 2. The smallest absolute Gasteiger partial charge is 0.339 e. The van der Waals surface area contributed by atoms with Crippen LogP contribution >= 0.6 is 0 Å². The molecule has 1 saturated carbocycles. The zero-order valence-corrected chi connectivity index (χ0v) is 16.5. The number of benzene rings is 1. The summed E-state index contributed by atoms with van der Waals surface area (Å²) in [5.41, 5.74) is 1.12. The molecule has 0 radical (unpaired) electrons. The first-order chi connectivity index (χ1) is 14.5. The molecule has 3 aliphatic heterocycles. The van der Waals surface area contributed by atoms with Crippen LogP contribution in [0.2, 0.25) is 0 Å². The quantitative estimate of drug-likeness (QED) is 0.580. The number of nitrogens with zero attached hydrogens (tertiary/aromatic N) is 3. The molecular formula is C23H21N3O4. The summed E-state index contributed by atoms with van der Waals surface area (Å²) in [5.74, 6) is 0.504. The van der Waals surface area contributed by atoms with Crippen LogP contribution in [0.5, 0.6) is 0 Å². The van der Waals surface area contributed by atoms with Gasteiger partial charge in [-0.15, -0.1) is 0 Å². The van der Waals surface area contributed by atoms with E-state index in [1.807, 2.05) is 35.2 Å². The molecule has 0 bridgehead atoms. The highest BCUT2D eigenvalue weighted by Gasteiger charge is 2.57. The highest BCUT2D eigenvalue weighted by atomic mass is 16.6. The van der Waals surface area contributed by atoms with Gasteiger partial charge < -0.3 is 9.64 Å². The molecule has 1 atom stereocenters. The van der Waals surface area contributed by atoms with Crippen LogP contribution in [-0.4, -0.2) is 47.3 Å². The van der Waals surface area contributed by atoms with E-state index in [-0.39, 0.29) is 17.8 Å². The number of β-lactam (4-membered cyclic amide) rings is 1. The van der Waals surface area contributed by atoms with Gasteiger partial charge in [0.15, 0.2) is 5.60 Å². The fourth-order valence-corrected chi connectivity index (χ4v) is 5.04. The Bertz CT molecular complexity index is 1090. The predicted octanol–water partition coefficient (Wildman–Crippen LogP) is 2.15. The molecular weight excluding hydrogens is 382 g/mol. The third-order valence-electron chi connectivity index (χ3n) is 7.03. The summed E-state index contributed by atoms with van der Waals surface area (Å²) < 4.78 is 5.79. The molecule has 1 unspecified atom stereocenters. The first-order valence-electron chi connectivity index (χ1n) is 10.4. The summed E-state index contributed by atoms with van der Waals surface area (Å²) in [6.07, 6.45) is 4.50. The zero-order valence-electron chi connectivity index (χ0n) is 16.5. The van der Waals surface area contributed by atoms with Gasteiger partial charge in [0.25, 0.3) is 0 Å². The van der Waals surface area contributed by atoms with Crippen LogP contribution in [0.1, 0.15) is 47.2 Å². The molecule has 30 heavy (non-hydrogen) atoms. The molecule has 7 nitrogen and oxygen atoms in total. The highest BCUT2D eigenvalue weighted by Crippen LogP contribution is 2.52. The van der Waals surface area contributed by atoms with Crippen molar-refractivity contribution >= 4 is 23.6 Å². The van der Waals surface area contributed by atoms with Crippen molar-refractivity contribution in [3.63, 3.8) is 0 Å². The van der Waals surface area contributed by atoms with E-state index in [1.54, 1.807) is 17.2 Å². The van der Waals surface area contributed by atoms with Gasteiger partial charge in [0.05, 0.1) is 17.5 Å². The maximum Gasteiger partial charge on any atom is 0.339 e. The second kappa shape index (κ2) is 5.90. The number of hydrogen-bond donors (Lipinski definition) is 0. The number of ether oxygens (including phenoxy) is 1. The number of hydrogen-bond acceptors (Lipinski definition) is 5. The number of aromatic nitrogens is 1. The molecule has 4 aliphatic rings. The van der Waals surface area contributed by atoms with Crippen LogP contribution < -0.4 is 4.90 Å². The van der Waals surface area contributed by atoms with E-state index in [4.69, 9.17) is 4.74 Å². The zero-order chi connectivity index (χ0) is 20.5. The van der Waals surface area contributed by atoms with Crippen LogP contribution in [0.3, 0.4) is 0 Å².